The van der Waals surface area contributed by atoms with Crippen LogP contribution >= 0.6 is 0 Å². The van der Waals surface area contributed by atoms with E-state index in [9.17, 15) is 5.11 Å². The summed E-state index contributed by atoms with van der Waals surface area (Å²) in [5, 5.41) is 10.1. The van der Waals surface area contributed by atoms with Crippen molar-refractivity contribution in [2.75, 3.05) is 13.9 Å². The van der Waals surface area contributed by atoms with E-state index in [1.807, 2.05) is 24.3 Å². The maximum Gasteiger partial charge on any atom is 0.231 e. The molecule has 0 bridgehead atoms. The van der Waals surface area contributed by atoms with Crippen molar-refractivity contribution in [3.63, 3.8) is 0 Å². The number of hydrogen-bond acceptors (Lipinski definition) is 4. The summed E-state index contributed by atoms with van der Waals surface area (Å²) >= 11 is 0. The summed E-state index contributed by atoms with van der Waals surface area (Å²) in [5.74, 6) is 1.41. The monoisotopic (exact) mass is 220 g/mol. The quantitative estimate of drug-likeness (QED) is 0.779. The van der Waals surface area contributed by atoms with Crippen molar-refractivity contribution in [1.29, 1.82) is 0 Å². The van der Waals surface area contributed by atoms with Gasteiger partial charge < -0.3 is 19.3 Å². The van der Waals surface area contributed by atoms with E-state index in [-0.39, 0.29) is 12.9 Å². The molecule has 1 heterocycles. The Kier molecular flexibility index (Phi) is 2.12. The van der Waals surface area contributed by atoms with Gasteiger partial charge in [-0.3, -0.25) is 0 Å². The third-order valence-corrected chi connectivity index (χ3v) is 2.95. The van der Waals surface area contributed by atoms with Gasteiger partial charge in [0, 0.05) is 7.11 Å². The predicted octanol–water partition coefficient (Wildman–Crippen LogP) is 1.49. The Hall–Kier alpha value is -1.52. The fraction of sp³-hybridized carbons (Fsp3) is 0.333. The lowest BCUT2D eigenvalue weighted by Gasteiger charge is -2.24. The summed E-state index contributed by atoms with van der Waals surface area (Å²) < 4.78 is 15.7. The van der Waals surface area contributed by atoms with E-state index in [1.165, 1.54) is 0 Å². The molecule has 4 heteroatoms. The van der Waals surface area contributed by atoms with Crippen molar-refractivity contribution >= 4 is 6.08 Å². The van der Waals surface area contributed by atoms with Crippen LogP contribution in [0.3, 0.4) is 0 Å². The second kappa shape index (κ2) is 3.50. The topological polar surface area (TPSA) is 47.9 Å². The van der Waals surface area contributed by atoms with E-state index in [0.29, 0.717) is 5.75 Å². The predicted molar refractivity (Wildman–Crippen MR) is 57.4 cm³/mol. The number of aliphatic hydroxyl groups is 1. The zero-order valence-electron chi connectivity index (χ0n) is 8.84. The summed E-state index contributed by atoms with van der Waals surface area (Å²) in [7, 11) is 1.58. The largest absolute Gasteiger partial charge is 0.454 e. The molecule has 0 saturated carbocycles. The van der Waals surface area contributed by atoms with Crippen molar-refractivity contribution in [1.82, 2.24) is 0 Å². The second-order valence-electron chi connectivity index (χ2n) is 3.84. The molecule has 0 spiro atoms. The molecule has 84 valence electrons. The van der Waals surface area contributed by atoms with Crippen LogP contribution in [0.4, 0.5) is 0 Å². The van der Waals surface area contributed by atoms with E-state index in [4.69, 9.17) is 14.2 Å². The van der Waals surface area contributed by atoms with Crippen molar-refractivity contribution in [2.45, 2.75) is 12.2 Å². The fourth-order valence-corrected chi connectivity index (χ4v) is 2.06. The molecule has 0 saturated heterocycles. The minimum atomic E-state index is -0.653. The summed E-state index contributed by atoms with van der Waals surface area (Å²) in [5.41, 5.74) is 1.77. The Morgan fingerprint density at radius 3 is 2.81 bits per heavy atom. The molecule has 0 radical (unpaired) electrons. The summed E-state index contributed by atoms with van der Waals surface area (Å²) in [6.07, 6.45) is 2.82. The highest BCUT2D eigenvalue weighted by molar-refractivity contribution is 5.64. The molecule has 1 aromatic rings. The number of ether oxygens (including phenoxy) is 3. The molecule has 0 amide bonds. The lowest BCUT2D eigenvalue weighted by atomic mass is 9.92. The SMILES string of the molecule is CO[C@@H]1C=Cc2cc3c(cc2[C@H]1O)OCO3. The van der Waals surface area contributed by atoms with Crippen molar-refractivity contribution in [2.24, 2.45) is 0 Å². The van der Waals surface area contributed by atoms with Crippen LogP contribution in [0.25, 0.3) is 6.08 Å². The summed E-state index contributed by atoms with van der Waals surface area (Å²) in [6, 6.07) is 3.70. The highest BCUT2D eigenvalue weighted by atomic mass is 16.7. The average molecular weight is 220 g/mol. The van der Waals surface area contributed by atoms with Crippen molar-refractivity contribution < 1.29 is 19.3 Å². The molecular formula is C12H12O4. The van der Waals surface area contributed by atoms with E-state index >= 15 is 0 Å². The number of methoxy groups -OCH3 is 1. The molecule has 0 unspecified atom stereocenters. The van der Waals surface area contributed by atoms with Gasteiger partial charge in [-0.2, -0.15) is 0 Å². The van der Waals surface area contributed by atoms with Gasteiger partial charge in [-0.1, -0.05) is 12.2 Å². The van der Waals surface area contributed by atoms with Crippen LogP contribution in [0.15, 0.2) is 18.2 Å². The zero-order valence-corrected chi connectivity index (χ0v) is 8.84. The standard InChI is InChI=1S/C12H12O4/c1-14-9-3-2-7-4-10-11(16-6-15-10)5-8(7)12(9)13/h2-5,9,12-13H,6H2,1H3/t9-,12-/m1/s1. The minimum absolute atomic E-state index is 0.242. The molecule has 0 aromatic heterocycles. The Morgan fingerprint density at radius 1 is 1.31 bits per heavy atom. The van der Waals surface area contributed by atoms with Crippen LogP contribution in [0, 0.1) is 0 Å². The second-order valence-corrected chi connectivity index (χ2v) is 3.84. The van der Waals surface area contributed by atoms with E-state index in [0.717, 1.165) is 16.9 Å². The highest BCUT2D eigenvalue weighted by Crippen LogP contribution is 2.40. The molecular weight excluding hydrogens is 208 g/mol. The van der Waals surface area contributed by atoms with Gasteiger partial charge in [-0.25, -0.2) is 0 Å². The molecule has 4 nitrogen and oxygen atoms in total. The average Bonchev–Trinajstić information content (AvgIpc) is 2.74. The third kappa shape index (κ3) is 1.31. The first kappa shape index (κ1) is 9.69. The van der Waals surface area contributed by atoms with E-state index in [1.54, 1.807) is 7.11 Å². The van der Waals surface area contributed by atoms with E-state index < -0.39 is 6.10 Å². The molecule has 16 heavy (non-hydrogen) atoms. The summed E-state index contributed by atoms with van der Waals surface area (Å²) in [4.78, 5) is 0. The minimum Gasteiger partial charge on any atom is -0.454 e. The Bertz CT molecular complexity index is 453. The Labute approximate surface area is 93.1 Å². The Balaban J connectivity index is 2.09. The van der Waals surface area contributed by atoms with Gasteiger partial charge in [-0.15, -0.1) is 0 Å². The van der Waals surface area contributed by atoms with Crippen LogP contribution in [-0.4, -0.2) is 25.1 Å². The molecule has 3 rings (SSSR count). The molecule has 1 N–H and O–H groups in total. The smallest absolute Gasteiger partial charge is 0.231 e. The highest BCUT2D eigenvalue weighted by Gasteiger charge is 2.27. The number of hydrogen-bond donors (Lipinski definition) is 1. The first-order chi connectivity index (χ1) is 7.79. The molecule has 1 aliphatic heterocycles. The fourth-order valence-electron chi connectivity index (χ4n) is 2.06. The van der Waals surface area contributed by atoms with Crippen LogP contribution in [-0.2, 0) is 4.74 Å². The maximum absolute atomic E-state index is 10.1. The van der Waals surface area contributed by atoms with Crippen LogP contribution in [0.2, 0.25) is 0 Å². The Morgan fingerprint density at radius 2 is 2.06 bits per heavy atom. The van der Waals surface area contributed by atoms with Gasteiger partial charge in [0.25, 0.3) is 0 Å². The molecule has 1 aliphatic carbocycles. The van der Waals surface area contributed by atoms with Crippen molar-refractivity contribution in [3.8, 4) is 11.5 Å². The van der Waals surface area contributed by atoms with Gasteiger partial charge >= 0.3 is 0 Å². The van der Waals surface area contributed by atoms with E-state index in [2.05, 4.69) is 0 Å². The van der Waals surface area contributed by atoms with Gasteiger partial charge in [0.15, 0.2) is 11.5 Å². The van der Waals surface area contributed by atoms with Gasteiger partial charge in [-0.05, 0) is 23.3 Å². The van der Waals surface area contributed by atoms with Crippen LogP contribution in [0.1, 0.15) is 17.2 Å². The molecule has 1 aromatic carbocycles. The number of rotatable bonds is 1. The van der Waals surface area contributed by atoms with Gasteiger partial charge in [0.05, 0.1) is 0 Å². The number of benzene rings is 1. The zero-order chi connectivity index (χ0) is 11.1. The van der Waals surface area contributed by atoms with Gasteiger partial charge in [0.1, 0.15) is 12.2 Å². The molecule has 2 aliphatic rings. The number of aliphatic hydroxyl groups excluding tert-OH is 1. The summed E-state index contributed by atoms with van der Waals surface area (Å²) in [6.45, 7) is 0.242. The third-order valence-electron chi connectivity index (χ3n) is 2.95. The first-order valence-corrected chi connectivity index (χ1v) is 5.12. The maximum atomic E-state index is 10.1. The lowest BCUT2D eigenvalue weighted by Crippen LogP contribution is -2.21. The molecule has 0 fully saturated rings. The van der Waals surface area contributed by atoms with Crippen LogP contribution in [0.5, 0.6) is 11.5 Å². The number of fused-ring (bicyclic) bond motifs is 2. The normalized spacial score (nSPS) is 25.6. The van der Waals surface area contributed by atoms with Gasteiger partial charge in [0.2, 0.25) is 6.79 Å². The van der Waals surface area contributed by atoms with Crippen molar-refractivity contribution in [3.05, 3.63) is 29.3 Å². The lowest BCUT2D eigenvalue weighted by molar-refractivity contribution is 0.0149. The molecule has 2 atom stereocenters. The first-order valence-electron chi connectivity index (χ1n) is 5.12. The van der Waals surface area contributed by atoms with Crippen LogP contribution < -0.4 is 9.47 Å².